The van der Waals surface area contributed by atoms with E-state index in [-0.39, 0.29) is 28.2 Å². The fourth-order valence-electron chi connectivity index (χ4n) is 8.51. The summed E-state index contributed by atoms with van der Waals surface area (Å²) in [7, 11) is 0. The van der Waals surface area contributed by atoms with Gasteiger partial charge in [-0.2, -0.15) is 13.2 Å². The number of hydrogen-bond donors (Lipinski definition) is 0. The van der Waals surface area contributed by atoms with E-state index in [1.165, 1.54) is 12.1 Å². The van der Waals surface area contributed by atoms with Crippen LogP contribution in [0.15, 0.2) is 176 Å². The summed E-state index contributed by atoms with van der Waals surface area (Å²) < 4.78 is 49.1. The van der Waals surface area contributed by atoms with Gasteiger partial charge < -0.3 is 9.13 Å². The monoisotopic (exact) mass is 754 g/mol. The second-order valence-corrected chi connectivity index (χ2v) is 14.2. The van der Waals surface area contributed by atoms with Gasteiger partial charge in [-0.3, -0.25) is 0 Å². The molecule has 274 valence electrons. The standard InChI is InChI=1S/C51H29F3N4/c1-55-42-21-13-20-41(51(52,53)54)48(42)38-26-29-47(57-43-22-11-9-18-36(43)39-30-34(24-27-45(39)57)32-14-5-3-6-15-32)49(56-2)50(38)58-44-23-12-10-19-37(44)40-31-35(25-28-46(40)58)33-16-7-4-8-17-33/h3-31H. The zero-order chi connectivity index (χ0) is 39.5. The van der Waals surface area contributed by atoms with Crippen molar-refractivity contribution in [2.45, 2.75) is 6.18 Å². The van der Waals surface area contributed by atoms with Crippen LogP contribution in [0.1, 0.15) is 5.56 Å². The molecule has 10 aromatic rings. The number of halogens is 3. The van der Waals surface area contributed by atoms with E-state index in [4.69, 9.17) is 13.1 Å². The van der Waals surface area contributed by atoms with Crippen molar-refractivity contribution in [1.29, 1.82) is 0 Å². The first-order chi connectivity index (χ1) is 28.4. The Kier molecular flexibility index (Phi) is 8.00. The van der Waals surface area contributed by atoms with Crippen LogP contribution >= 0.6 is 0 Å². The quantitative estimate of drug-likeness (QED) is 0.156. The Morgan fingerprint density at radius 2 is 0.948 bits per heavy atom. The van der Waals surface area contributed by atoms with E-state index in [2.05, 4.69) is 46.1 Å². The number of alkyl halides is 3. The van der Waals surface area contributed by atoms with Crippen molar-refractivity contribution in [3.05, 3.63) is 204 Å². The minimum atomic E-state index is -4.78. The molecule has 8 aromatic carbocycles. The molecule has 0 aliphatic rings. The summed E-state index contributed by atoms with van der Waals surface area (Å²) in [4.78, 5) is 7.84. The molecule has 2 heterocycles. The Labute approximate surface area is 331 Å². The molecule has 0 amide bonds. The topological polar surface area (TPSA) is 18.6 Å². The third-order valence-corrected chi connectivity index (χ3v) is 11.0. The van der Waals surface area contributed by atoms with Crippen LogP contribution in [0.4, 0.5) is 24.5 Å². The molecule has 0 fully saturated rings. The minimum Gasteiger partial charge on any atom is -0.319 e. The van der Waals surface area contributed by atoms with Gasteiger partial charge in [-0.25, -0.2) is 9.69 Å². The molecule has 0 atom stereocenters. The highest BCUT2D eigenvalue weighted by molar-refractivity contribution is 6.14. The summed E-state index contributed by atoms with van der Waals surface area (Å²) in [5.74, 6) is 0. The van der Waals surface area contributed by atoms with Gasteiger partial charge in [0.15, 0.2) is 5.69 Å². The molecule has 0 saturated carbocycles. The predicted molar refractivity (Wildman–Crippen MR) is 229 cm³/mol. The molecule has 0 aliphatic heterocycles. The molecule has 0 radical (unpaired) electrons. The molecule has 0 saturated heterocycles. The molecule has 4 nitrogen and oxygen atoms in total. The van der Waals surface area contributed by atoms with E-state index in [0.717, 1.165) is 66.4 Å². The number of rotatable bonds is 5. The highest BCUT2D eigenvalue weighted by Crippen LogP contribution is 2.50. The Morgan fingerprint density at radius 3 is 1.50 bits per heavy atom. The summed E-state index contributed by atoms with van der Waals surface area (Å²) >= 11 is 0. The van der Waals surface area contributed by atoms with E-state index < -0.39 is 11.7 Å². The Morgan fingerprint density at radius 1 is 0.431 bits per heavy atom. The number of nitrogens with zero attached hydrogens (tertiary/aromatic N) is 4. The van der Waals surface area contributed by atoms with Crippen LogP contribution in [0.5, 0.6) is 0 Å². The zero-order valence-corrected chi connectivity index (χ0v) is 30.7. The lowest BCUT2D eigenvalue weighted by Crippen LogP contribution is -2.09. The van der Waals surface area contributed by atoms with Crippen molar-refractivity contribution in [1.82, 2.24) is 9.13 Å². The molecular weight excluding hydrogens is 726 g/mol. The highest BCUT2D eigenvalue weighted by Gasteiger charge is 2.36. The number of benzene rings is 8. The maximum Gasteiger partial charge on any atom is 0.415 e. The van der Waals surface area contributed by atoms with Gasteiger partial charge in [-0.1, -0.05) is 133 Å². The van der Waals surface area contributed by atoms with Crippen LogP contribution in [-0.4, -0.2) is 9.13 Å². The Bertz CT molecular complexity index is 3340. The van der Waals surface area contributed by atoms with Crippen LogP contribution in [0, 0.1) is 13.1 Å². The van der Waals surface area contributed by atoms with Crippen LogP contribution in [0.3, 0.4) is 0 Å². The van der Waals surface area contributed by atoms with E-state index >= 15 is 13.2 Å². The lowest BCUT2D eigenvalue weighted by Gasteiger charge is -2.23. The molecule has 58 heavy (non-hydrogen) atoms. The SMILES string of the molecule is [C-]#[N+]c1cccc(C(F)(F)F)c1-c1ccc(-n2c3ccccc3c3cc(-c4ccccc4)ccc32)c([N+]#[C-])c1-n1c2ccccc2c2cc(-c3ccccc3)ccc21. The average molecular weight is 755 g/mol. The van der Waals surface area contributed by atoms with Crippen LogP contribution in [0.2, 0.25) is 0 Å². The molecular formula is C51H29F3N4. The van der Waals surface area contributed by atoms with Gasteiger partial charge in [0.05, 0.1) is 52.1 Å². The van der Waals surface area contributed by atoms with Crippen molar-refractivity contribution in [3.8, 4) is 44.8 Å². The van der Waals surface area contributed by atoms with Crippen molar-refractivity contribution in [2.24, 2.45) is 0 Å². The van der Waals surface area contributed by atoms with Crippen molar-refractivity contribution in [3.63, 3.8) is 0 Å². The second-order valence-electron chi connectivity index (χ2n) is 14.2. The predicted octanol–water partition coefficient (Wildman–Crippen LogP) is 15.0. The van der Waals surface area contributed by atoms with Crippen LogP contribution in [0.25, 0.3) is 98.1 Å². The van der Waals surface area contributed by atoms with Gasteiger partial charge in [0.25, 0.3) is 0 Å². The Balaban J connectivity index is 1.35. The molecule has 0 N–H and O–H groups in total. The summed E-state index contributed by atoms with van der Waals surface area (Å²) in [6.07, 6.45) is -4.78. The number of aromatic nitrogens is 2. The summed E-state index contributed by atoms with van der Waals surface area (Å²) in [5, 5.41) is 3.70. The average Bonchev–Trinajstić information content (AvgIpc) is 3.77. The first kappa shape index (κ1) is 34.6. The van der Waals surface area contributed by atoms with Crippen molar-refractivity contribution < 1.29 is 13.2 Å². The van der Waals surface area contributed by atoms with E-state index in [1.807, 2.05) is 118 Å². The first-order valence-electron chi connectivity index (χ1n) is 18.7. The van der Waals surface area contributed by atoms with E-state index in [9.17, 15) is 0 Å². The van der Waals surface area contributed by atoms with Gasteiger partial charge in [0.2, 0.25) is 5.69 Å². The van der Waals surface area contributed by atoms with Gasteiger partial charge in [-0.15, -0.1) is 0 Å². The van der Waals surface area contributed by atoms with Gasteiger partial charge in [0, 0.05) is 27.1 Å². The number of para-hydroxylation sites is 2. The molecule has 10 rings (SSSR count). The zero-order valence-electron chi connectivity index (χ0n) is 30.7. The van der Waals surface area contributed by atoms with Gasteiger partial charge >= 0.3 is 6.18 Å². The molecule has 0 aliphatic carbocycles. The van der Waals surface area contributed by atoms with Gasteiger partial charge in [0.1, 0.15) is 0 Å². The van der Waals surface area contributed by atoms with E-state index in [1.54, 1.807) is 12.1 Å². The molecule has 7 heteroatoms. The highest BCUT2D eigenvalue weighted by atomic mass is 19.4. The Hall–Kier alpha value is -7.87. The summed E-state index contributed by atoms with van der Waals surface area (Å²) in [5.41, 5.74) is 6.92. The fourth-order valence-corrected chi connectivity index (χ4v) is 8.51. The number of hydrogen-bond acceptors (Lipinski definition) is 0. The van der Waals surface area contributed by atoms with Crippen molar-refractivity contribution in [2.75, 3.05) is 0 Å². The lowest BCUT2D eigenvalue weighted by atomic mass is 9.94. The maximum atomic E-state index is 15.1. The largest absolute Gasteiger partial charge is 0.415 e. The van der Waals surface area contributed by atoms with E-state index in [0.29, 0.717) is 11.2 Å². The van der Waals surface area contributed by atoms with Crippen molar-refractivity contribution >= 4 is 55.0 Å². The lowest BCUT2D eigenvalue weighted by molar-refractivity contribution is -0.137. The second kappa shape index (κ2) is 13.4. The molecule has 0 bridgehead atoms. The summed E-state index contributed by atoms with van der Waals surface area (Å²) in [6.45, 7) is 17.0. The molecule has 2 aromatic heterocycles. The molecule has 0 unspecified atom stereocenters. The first-order valence-corrected chi connectivity index (χ1v) is 18.7. The normalized spacial score (nSPS) is 11.7. The third kappa shape index (κ3) is 5.37. The fraction of sp³-hybridized carbons (Fsp3) is 0.0196. The van der Waals surface area contributed by atoms with Gasteiger partial charge in [-0.05, 0) is 70.3 Å². The maximum absolute atomic E-state index is 15.1. The summed E-state index contributed by atoms with van der Waals surface area (Å²) in [6, 6.07) is 55.2. The number of fused-ring (bicyclic) bond motifs is 6. The molecule has 0 spiro atoms. The van der Waals surface area contributed by atoms with Crippen LogP contribution < -0.4 is 0 Å². The van der Waals surface area contributed by atoms with Crippen LogP contribution in [-0.2, 0) is 6.18 Å². The third-order valence-electron chi connectivity index (χ3n) is 11.0. The smallest absolute Gasteiger partial charge is 0.319 e. The minimum absolute atomic E-state index is 0.135.